The molecule has 3 N–H and O–H groups in total. The number of hydrogen-bond acceptors (Lipinski definition) is 5. The van der Waals surface area contributed by atoms with Crippen molar-refractivity contribution in [2.45, 2.75) is 52.0 Å². The van der Waals surface area contributed by atoms with Crippen molar-refractivity contribution in [3.05, 3.63) is 23.8 Å². The number of hydrogen-bond donors (Lipinski definition) is 3. The van der Waals surface area contributed by atoms with E-state index in [1.807, 2.05) is 18.6 Å². The van der Waals surface area contributed by atoms with Gasteiger partial charge in [0.05, 0.1) is 12.8 Å². The van der Waals surface area contributed by atoms with Gasteiger partial charge in [0.15, 0.2) is 0 Å². The molecule has 0 bridgehead atoms. The van der Waals surface area contributed by atoms with E-state index in [0.29, 0.717) is 5.56 Å². The van der Waals surface area contributed by atoms with Crippen LogP contribution in [0.3, 0.4) is 0 Å². The molecular formula is C18H29N3O6S. The van der Waals surface area contributed by atoms with Gasteiger partial charge in [-0.3, -0.25) is 19.0 Å². The van der Waals surface area contributed by atoms with E-state index in [-0.39, 0.29) is 36.2 Å². The molecule has 0 fully saturated rings. The van der Waals surface area contributed by atoms with Gasteiger partial charge in [-0.2, -0.15) is 8.42 Å². The molecule has 3 amide bonds. The van der Waals surface area contributed by atoms with Crippen LogP contribution in [0.1, 0.15) is 45.1 Å². The summed E-state index contributed by atoms with van der Waals surface area (Å²) in [6, 6.07) is 4.03. The number of ether oxygens (including phenoxy) is 1. The summed E-state index contributed by atoms with van der Waals surface area (Å²) in [5.41, 5.74) is 0.716. The SMILES string of the molecule is CCCCC(C)N(C(=O)CCc1ccc(OC)c(NS(=O)(=O)O)c1)C(=O)NC. The summed E-state index contributed by atoms with van der Waals surface area (Å²) in [6.07, 6.45) is 2.96. The Labute approximate surface area is 166 Å². The molecule has 0 heterocycles. The van der Waals surface area contributed by atoms with Gasteiger partial charge in [-0.1, -0.05) is 25.8 Å². The van der Waals surface area contributed by atoms with Crippen LogP contribution in [0.4, 0.5) is 10.5 Å². The molecule has 0 aliphatic carbocycles. The molecule has 0 saturated heterocycles. The molecule has 1 unspecified atom stereocenters. The number of amides is 3. The average Bonchev–Trinajstić information content (AvgIpc) is 2.63. The first-order valence-corrected chi connectivity index (χ1v) is 10.5. The standard InChI is InChI=1S/C18H29N3O6S/c1-5-6-7-13(2)21(18(23)19-3)17(22)11-9-14-8-10-16(27-4)15(12-14)20-28(24,25)26/h8,10,12-13,20H,5-7,9,11H2,1-4H3,(H,19,23)(H,24,25,26). The number of rotatable bonds is 10. The minimum atomic E-state index is -4.46. The fourth-order valence-corrected chi connectivity index (χ4v) is 3.25. The molecule has 9 nitrogen and oxygen atoms in total. The van der Waals surface area contributed by atoms with E-state index < -0.39 is 16.3 Å². The van der Waals surface area contributed by atoms with Crippen LogP contribution in [0.5, 0.6) is 5.75 Å². The van der Waals surface area contributed by atoms with Gasteiger partial charge >= 0.3 is 16.3 Å². The number of carbonyl (C=O) groups is 2. The van der Waals surface area contributed by atoms with Crippen LogP contribution in [-0.4, -0.2) is 50.0 Å². The van der Waals surface area contributed by atoms with E-state index in [2.05, 4.69) is 5.32 Å². The van der Waals surface area contributed by atoms with Gasteiger partial charge < -0.3 is 10.1 Å². The second-order valence-corrected chi connectivity index (χ2v) is 7.58. The summed E-state index contributed by atoms with van der Waals surface area (Å²) in [6.45, 7) is 3.88. The second-order valence-electron chi connectivity index (χ2n) is 6.42. The van der Waals surface area contributed by atoms with Crippen LogP contribution in [0.2, 0.25) is 0 Å². The highest BCUT2D eigenvalue weighted by atomic mass is 32.2. The maximum Gasteiger partial charge on any atom is 0.357 e. The molecule has 1 atom stereocenters. The van der Waals surface area contributed by atoms with Crippen molar-refractivity contribution in [1.82, 2.24) is 10.2 Å². The summed E-state index contributed by atoms with van der Waals surface area (Å²) in [5, 5.41) is 2.50. The Morgan fingerprint density at radius 3 is 2.54 bits per heavy atom. The zero-order chi connectivity index (χ0) is 21.3. The zero-order valence-electron chi connectivity index (χ0n) is 16.7. The van der Waals surface area contributed by atoms with Gasteiger partial charge in [0.1, 0.15) is 5.75 Å². The van der Waals surface area contributed by atoms with Crippen molar-refractivity contribution < 1.29 is 27.3 Å². The number of aryl methyl sites for hydroxylation is 1. The van der Waals surface area contributed by atoms with Gasteiger partial charge in [0, 0.05) is 19.5 Å². The third-order valence-electron chi connectivity index (χ3n) is 4.25. The van der Waals surface area contributed by atoms with E-state index in [9.17, 15) is 18.0 Å². The Balaban J connectivity index is 2.91. The Morgan fingerprint density at radius 2 is 2.00 bits per heavy atom. The lowest BCUT2D eigenvalue weighted by atomic mass is 10.1. The summed E-state index contributed by atoms with van der Waals surface area (Å²) in [4.78, 5) is 26.0. The molecule has 10 heteroatoms. The average molecular weight is 416 g/mol. The first-order valence-electron chi connectivity index (χ1n) is 9.08. The second kappa shape index (κ2) is 10.9. The maximum absolute atomic E-state index is 12.6. The molecule has 0 aliphatic heterocycles. The Morgan fingerprint density at radius 1 is 1.32 bits per heavy atom. The Kier molecular flexibility index (Phi) is 9.20. The first-order chi connectivity index (χ1) is 13.1. The molecule has 0 aliphatic rings. The topological polar surface area (TPSA) is 125 Å². The predicted molar refractivity (Wildman–Crippen MR) is 107 cm³/mol. The van der Waals surface area contributed by atoms with Gasteiger partial charge in [0.25, 0.3) is 0 Å². The third-order valence-corrected chi connectivity index (χ3v) is 4.73. The lowest BCUT2D eigenvalue weighted by Gasteiger charge is -2.27. The highest BCUT2D eigenvalue weighted by Crippen LogP contribution is 2.27. The monoisotopic (exact) mass is 415 g/mol. The maximum atomic E-state index is 12.6. The van der Waals surface area contributed by atoms with E-state index >= 15 is 0 Å². The number of benzene rings is 1. The number of methoxy groups -OCH3 is 1. The Bertz CT molecular complexity index is 782. The van der Waals surface area contributed by atoms with Crippen molar-refractivity contribution >= 4 is 27.9 Å². The molecule has 0 radical (unpaired) electrons. The van der Waals surface area contributed by atoms with E-state index in [0.717, 1.165) is 19.3 Å². The summed E-state index contributed by atoms with van der Waals surface area (Å²) < 4.78 is 38.2. The fraction of sp³-hybridized carbons (Fsp3) is 0.556. The minimum absolute atomic E-state index is 0.0643. The lowest BCUT2D eigenvalue weighted by Crippen LogP contribution is -2.47. The van der Waals surface area contributed by atoms with Crippen LogP contribution >= 0.6 is 0 Å². The van der Waals surface area contributed by atoms with Gasteiger partial charge in [-0.15, -0.1) is 0 Å². The van der Waals surface area contributed by atoms with Crippen LogP contribution in [0.15, 0.2) is 18.2 Å². The number of urea groups is 1. The van der Waals surface area contributed by atoms with Crippen LogP contribution < -0.4 is 14.8 Å². The van der Waals surface area contributed by atoms with Crippen molar-refractivity contribution in [3.8, 4) is 5.75 Å². The number of imide groups is 1. The number of nitrogens with zero attached hydrogens (tertiary/aromatic N) is 1. The van der Waals surface area contributed by atoms with E-state index in [4.69, 9.17) is 9.29 Å². The van der Waals surface area contributed by atoms with Crippen LogP contribution in [0.25, 0.3) is 0 Å². The molecule has 0 aromatic heterocycles. The van der Waals surface area contributed by atoms with Crippen LogP contribution in [0, 0.1) is 0 Å². The summed E-state index contributed by atoms with van der Waals surface area (Å²) >= 11 is 0. The molecular weight excluding hydrogens is 386 g/mol. The highest BCUT2D eigenvalue weighted by Gasteiger charge is 2.25. The van der Waals surface area contributed by atoms with E-state index in [1.165, 1.54) is 31.2 Å². The fourth-order valence-electron chi connectivity index (χ4n) is 2.81. The molecule has 1 aromatic rings. The smallest absolute Gasteiger partial charge is 0.357 e. The summed E-state index contributed by atoms with van der Waals surface area (Å²) in [7, 11) is -1.62. The first kappa shape index (κ1) is 23.7. The number of carbonyl (C=O) groups excluding carboxylic acids is 2. The Hall–Kier alpha value is -2.33. The minimum Gasteiger partial charge on any atom is -0.495 e. The third kappa shape index (κ3) is 7.35. The molecule has 28 heavy (non-hydrogen) atoms. The molecule has 0 spiro atoms. The van der Waals surface area contributed by atoms with E-state index in [1.54, 1.807) is 6.07 Å². The lowest BCUT2D eigenvalue weighted by molar-refractivity contribution is -0.129. The number of nitrogens with one attached hydrogen (secondary N) is 2. The zero-order valence-corrected chi connectivity index (χ0v) is 17.5. The number of unbranched alkanes of at least 4 members (excludes halogenated alkanes) is 1. The predicted octanol–water partition coefficient (Wildman–Crippen LogP) is 2.59. The molecule has 1 aromatic carbocycles. The molecule has 0 saturated carbocycles. The van der Waals surface area contributed by atoms with Crippen molar-refractivity contribution in [3.63, 3.8) is 0 Å². The van der Waals surface area contributed by atoms with Crippen molar-refractivity contribution in [2.75, 3.05) is 18.9 Å². The van der Waals surface area contributed by atoms with Crippen LogP contribution in [-0.2, 0) is 21.5 Å². The van der Waals surface area contributed by atoms with Crippen molar-refractivity contribution in [2.24, 2.45) is 0 Å². The highest BCUT2D eigenvalue weighted by molar-refractivity contribution is 7.87. The quantitative estimate of drug-likeness (QED) is 0.505. The normalized spacial score (nSPS) is 12.2. The summed E-state index contributed by atoms with van der Waals surface area (Å²) in [5.74, 6) is -0.0871. The van der Waals surface area contributed by atoms with Crippen molar-refractivity contribution in [1.29, 1.82) is 0 Å². The molecule has 158 valence electrons. The largest absolute Gasteiger partial charge is 0.495 e. The van der Waals surface area contributed by atoms with Gasteiger partial charge in [-0.05, 0) is 37.5 Å². The van der Waals surface area contributed by atoms with Gasteiger partial charge in [0.2, 0.25) is 5.91 Å². The molecule has 1 rings (SSSR count). The number of anilines is 1. The van der Waals surface area contributed by atoms with Gasteiger partial charge in [-0.25, -0.2) is 4.79 Å².